The highest BCUT2D eigenvalue weighted by Gasteiger charge is 2.14. The Bertz CT molecular complexity index is 375. The van der Waals surface area contributed by atoms with Gasteiger partial charge in [0.2, 0.25) is 0 Å². The summed E-state index contributed by atoms with van der Waals surface area (Å²) in [7, 11) is 0. The maximum atomic E-state index is 5.55. The molecule has 0 heterocycles. The highest BCUT2D eigenvalue weighted by Crippen LogP contribution is 2.21. The highest BCUT2D eigenvalue weighted by atomic mass is 15.3. The molecule has 0 aromatic heterocycles. The van der Waals surface area contributed by atoms with Crippen LogP contribution in [0, 0.1) is 6.92 Å². The van der Waals surface area contributed by atoms with E-state index in [0.29, 0.717) is 6.04 Å². The van der Waals surface area contributed by atoms with E-state index in [1.165, 1.54) is 36.8 Å². The summed E-state index contributed by atoms with van der Waals surface area (Å²) in [6.07, 6.45) is 5.82. The van der Waals surface area contributed by atoms with E-state index >= 15 is 0 Å². The Kier molecular flexibility index (Phi) is 4.15. The predicted octanol–water partition coefficient (Wildman–Crippen LogP) is 2.34. The number of amidine groups is 1. The Hall–Kier alpha value is -1.35. The third-order valence-electron chi connectivity index (χ3n) is 3.32. The molecular formula is C14H21N3. The molecule has 0 amide bonds. The van der Waals surface area contributed by atoms with Gasteiger partial charge < -0.3 is 5.43 Å². The summed E-state index contributed by atoms with van der Waals surface area (Å²) in [4.78, 5) is 4.69. The van der Waals surface area contributed by atoms with Crippen LogP contribution in [0.5, 0.6) is 0 Å². The van der Waals surface area contributed by atoms with Gasteiger partial charge in [0.25, 0.3) is 0 Å². The number of hydrazine groups is 1. The van der Waals surface area contributed by atoms with Crippen molar-refractivity contribution >= 4 is 5.84 Å². The summed E-state index contributed by atoms with van der Waals surface area (Å²) < 4.78 is 0. The van der Waals surface area contributed by atoms with Gasteiger partial charge in [0.05, 0.1) is 6.04 Å². The standard InChI is InChI=1S/C14H21N3/c1-11-6-8-12(9-7-11)10-14(17-15)16-13-4-2-3-5-13/h6-9,13H,2-5,10,15H2,1H3,(H,16,17). The van der Waals surface area contributed by atoms with Crippen LogP contribution in [0.3, 0.4) is 0 Å². The van der Waals surface area contributed by atoms with Gasteiger partial charge in [-0.2, -0.15) is 0 Å². The van der Waals surface area contributed by atoms with Crippen LogP contribution in [0.1, 0.15) is 36.8 Å². The molecular weight excluding hydrogens is 210 g/mol. The molecule has 0 saturated heterocycles. The zero-order valence-electron chi connectivity index (χ0n) is 10.4. The van der Waals surface area contributed by atoms with Gasteiger partial charge in [0.15, 0.2) is 0 Å². The molecule has 1 aliphatic rings. The van der Waals surface area contributed by atoms with Gasteiger partial charge in [0, 0.05) is 6.42 Å². The molecule has 0 radical (unpaired) electrons. The molecule has 3 nitrogen and oxygen atoms in total. The van der Waals surface area contributed by atoms with Crippen LogP contribution >= 0.6 is 0 Å². The van der Waals surface area contributed by atoms with E-state index in [9.17, 15) is 0 Å². The molecule has 3 heteroatoms. The van der Waals surface area contributed by atoms with Crippen molar-refractivity contribution in [3.63, 3.8) is 0 Å². The summed E-state index contributed by atoms with van der Waals surface area (Å²) >= 11 is 0. The third-order valence-corrected chi connectivity index (χ3v) is 3.32. The SMILES string of the molecule is Cc1ccc(CC(=NC2CCCC2)NN)cc1. The Balaban J connectivity index is 2.01. The van der Waals surface area contributed by atoms with Crippen molar-refractivity contribution in [1.29, 1.82) is 0 Å². The monoisotopic (exact) mass is 231 g/mol. The average molecular weight is 231 g/mol. The molecule has 0 aliphatic heterocycles. The largest absolute Gasteiger partial charge is 0.312 e. The number of rotatable bonds is 3. The van der Waals surface area contributed by atoms with Crippen LogP contribution < -0.4 is 11.3 Å². The van der Waals surface area contributed by atoms with Crippen LogP contribution in [0.15, 0.2) is 29.3 Å². The number of nitrogens with one attached hydrogen (secondary N) is 1. The van der Waals surface area contributed by atoms with Crippen molar-refractivity contribution < 1.29 is 0 Å². The fourth-order valence-electron chi connectivity index (χ4n) is 2.29. The van der Waals surface area contributed by atoms with Crippen molar-refractivity contribution in [3.8, 4) is 0 Å². The molecule has 1 aromatic carbocycles. The molecule has 2 rings (SSSR count). The van der Waals surface area contributed by atoms with Gasteiger partial charge in [-0.25, -0.2) is 5.84 Å². The normalized spacial score (nSPS) is 17.4. The molecule has 1 aromatic rings. The lowest BCUT2D eigenvalue weighted by atomic mass is 10.1. The predicted molar refractivity (Wildman–Crippen MR) is 71.9 cm³/mol. The highest BCUT2D eigenvalue weighted by molar-refractivity contribution is 5.84. The first-order valence-electron chi connectivity index (χ1n) is 6.37. The van der Waals surface area contributed by atoms with E-state index in [-0.39, 0.29) is 0 Å². The fourth-order valence-corrected chi connectivity index (χ4v) is 2.29. The molecule has 92 valence electrons. The first kappa shape index (κ1) is 12.1. The quantitative estimate of drug-likeness (QED) is 0.363. The number of hydrogen-bond acceptors (Lipinski definition) is 2. The number of aryl methyl sites for hydroxylation is 1. The summed E-state index contributed by atoms with van der Waals surface area (Å²) in [5, 5.41) is 0. The van der Waals surface area contributed by atoms with Crippen LogP contribution in [0.2, 0.25) is 0 Å². The number of hydrogen-bond donors (Lipinski definition) is 2. The van der Waals surface area contributed by atoms with E-state index in [2.05, 4.69) is 36.6 Å². The average Bonchev–Trinajstić information content (AvgIpc) is 2.84. The second-order valence-corrected chi connectivity index (χ2v) is 4.82. The number of nitrogens with zero attached hydrogens (tertiary/aromatic N) is 1. The van der Waals surface area contributed by atoms with Crippen LogP contribution in [-0.2, 0) is 6.42 Å². The van der Waals surface area contributed by atoms with Crippen LogP contribution in [-0.4, -0.2) is 11.9 Å². The first-order chi connectivity index (χ1) is 8.28. The first-order valence-corrected chi connectivity index (χ1v) is 6.37. The smallest absolute Gasteiger partial charge is 0.115 e. The maximum Gasteiger partial charge on any atom is 0.115 e. The molecule has 0 unspecified atom stereocenters. The molecule has 1 aliphatic carbocycles. The molecule has 1 saturated carbocycles. The minimum absolute atomic E-state index is 0.478. The second-order valence-electron chi connectivity index (χ2n) is 4.82. The molecule has 17 heavy (non-hydrogen) atoms. The second kappa shape index (κ2) is 5.82. The molecule has 3 N–H and O–H groups in total. The topological polar surface area (TPSA) is 50.4 Å². The third kappa shape index (κ3) is 3.56. The lowest BCUT2D eigenvalue weighted by molar-refractivity contribution is 0.697. The van der Waals surface area contributed by atoms with E-state index in [1.807, 2.05) is 0 Å². The van der Waals surface area contributed by atoms with Crippen molar-refractivity contribution in [3.05, 3.63) is 35.4 Å². The molecule has 0 bridgehead atoms. The van der Waals surface area contributed by atoms with Gasteiger partial charge >= 0.3 is 0 Å². The van der Waals surface area contributed by atoms with Crippen molar-refractivity contribution in [2.45, 2.75) is 45.1 Å². The number of nitrogens with two attached hydrogens (primary N) is 1. The molecule has 0 atom stereocenters. The van der Waals surface area contributed by atoms with Gasteiger partial charge in [0.1, 0.15) is 5.84 Å². The molecule has 0 spiro atoms. The lowest BCUT2D eigenvalue weighted by Gasteiger charge is -2.09. The maximum absolute atomic E-state index is 5.55. The summed E-state index contributed by atoms with van der Waals surface area (Å²) in [5.74, 6) is 6.45. The molecule has 1 fully saturated rings. The fraction of sp³-hybridized carbons (Fsp3) is 0.500. The number of benzene rings is 1. The Labute approximate surface area is 103 Å². The Morgan fingerprint density at radius 3 is 2.53 bits per heavy atom. The van der Waals surface area contributed by atoms with Crippen molar-refractivity contribution in [2.24, 2.45) is 10.8 Å². The van der Waals surface area contributed by atoms with Gasteiger partial charge in [-0.1, -0.05) is 42.7 Å². The summed E-state index contributed by atoms with van der Waals surface area (Å²) in [6.45, 7) is 2.10. The van der Waals surface area contributed by atoms with E-state index in [0.717, 1.165) is 12.3 Å². The summed E-state index contributed by atoms with van der Waals surface area (Å²) in [6, 6.07) is 9.00. The lowest BCUT2D eigenvalue weighted by Crippen LogP contribution is -2.33. The van der Waals surface area contributed by atoms with Crippen molar-refractivity contribution in [2.75, 3.05) is 0 Å². The summed E-state index contributed by atoms with van der Waals surface area (Å²) in [5.41, 5.74) is 5.28. The van der Waals surface area contributed by atoms with Gasteiger partial charge in [-0.3, -0.25) is 4.99 Å². The zero-order chi connectivity index (χ0) is 12.1. The van der Waals surface area contributed by atoms with E-state index in [1.54, 1.807) is 0 Å². The van der Waals surface area contributed by atoms with Crippen LogP contribution in [0.25, 0.3) is 0 Å². The Morgan fingerprint density at radius 1 is 1.29 bits per heavy atom. The van der Waals surface area contributed by atoms with E-state index in [4.69, 9.17) is 10.8 Å². The van der Waals surface area contributed by atoms with Crippen LogP contribution in [0.4, 0.5) is 0 Å². The zero-order valence-corrected chi connectivity index (χ0v) is 10.4. The van der Waals surface area contributed by atoms with Crippen molar-refractivity contribution in [1.82, 2.24) is 5.43 Å². The number of aliphatic imine (C=N–C) groups is 1. The minimum Gasteiger partial charge on any atom is -0.312 e. The Morgan fingerprint density at radius 2 is 1.94 bits per heavy atom. The van der Waals surface area contributed by atoms with Gasteiger partial charge in [-0.15, -0.1) is 0 Å². The van der Waals surface area contributed by atoms with E-state index < -0.39 is 0 Å². The minimum atomic E-state index is 0.478. The van der Waals surface area contributed by atoms with Gasteiger partial charge in [-0.05, 0) is 25.3 Å².